The lowest BCUT2D eigenvalue weighted by molar-refractivity contribution is -0.136. The molecule has 0 spiro atoms. The minimum atomic E-state index is -1.38. The summed E-state index contributed by atoms with van der Waals surface area (Å²) in [5.74, 6) is -0.109. The van der Waals surface area contributed by atoms with Gasteiger partial charge in [-0.25, -0.2) is 0 Å². The van der Waals surface area contributed by atoms with Crippen LogP contribution in [0.5, 0.6) is 0 Å². The van der Waals surface area contributed by atoms with Crippen LogP contribution in [-0.2, 0) is 20.4 Å². The second kappa shape index (κ2) is 7.40. The SMILES string of the molecule is CC(=O)N1CCN(C(=O)CS(=O)c2ccc3sc4ccccc4c3c2)CC1. The van der Waals surface area contributed by atoms with Gasteiger partial charge >= 0.3 is 0 Å². The summed E-state index contributed by atoms with van der Waals surface area (Å²) in [6, 6.07) is 14.0. The van der Waals surface area contributed by atoms with E-state index in [0.717, 1.165) is 15.5 Å². The average Bonchev–Trinajstić information content (AvgIpc) is 3.05. The van der Waals surface area contributed by atoms with E-state index >= 15 is 0 Å². The molecule has 0 saturated carbocycles. The van der Waals surface area contributed by atoms with Gasteiger partial charge in [0.25, 0.3) is 0 Å². The first-order chi connectivity index (χ1) is 13.0. The molecule has 1 aliphatic heterocycles. The molecule has 1 saturated heterocycles. The molecule has 3 aromatic rings. The molecule has 0 radical (unpaired) electrons. The van der Waals surface area contributed by atoms with Gasteiger partial charge in [-0.1, -0.05) is 18.2 Å². The van der Waals surface area contributed by atoms with Crippen molar-refractivity contribution < 1.29 is 13.8 Å². The van der Waals surface area contributed by atoms with Crippen LogP contribution in [0.1, 0.15) is 6.92 Å². The highest BCUT2D eigenvalue weighted by molar-refractivity contribution is 7.85. The Bertz CT molecular complexity index is 1050. The third-order valence-electron chi connectivity index (χ3n) is 4.94. The zero-order valence-corrected chi connectivity index (χ0v) is 16.6. The topological polar surface area (TPSA) is 57.7 Å². The first kappa shape index (κ1) is 18.1. The van der Waals surface area contributed by atoms with Crippen LogP contribution >= 0.6 is 11.3 Å². The lowest BCUT2D eigenvalue weighted by Gasteiger charge is -2.34. The number of nitrogens with zero attached hydrogens (tertiary/aromatic N) is 2. The summed E-state index contributed by atoms with van der Waals surface area (Å²) in [6.07, 6.45) is 0. The summed E-state index contributed by atoms with van der Waals surface area (Å²) in [5.41, 5.74) is 0. The number of hydrogen-bond donors (Lipinski definition) is 0. The lowest BCUT2D eigenvalue weighted by Crippen LogP contribution is -2.51. The van der Waals surface area contributed by atoms with Crippen LogP contribution in [0.15, 0.2) is 47.4 Å². The van der Waals surface area contributed by atoms with E-state index < -0.39 is 10.8 Å². The Morgan fingerprint density at radius 3 is 2.37 bits per heavy atom. The van der Waals surface area contributed by atoms with E-state index in [1.165, 1.54) is 11.6 Å². The third-order valence-corrected chi connectivity index (χ3v) is 7.38. The molecule has 2 heterocycles. The molecular formula is C20H20N2O3S2. The van der Waals surface area contributed by atoms with Crippen molar-refractivity contribution in [3.05, 3.63) is 42.5 Å². The molecule has 1 aliphatic rings. The summed E-state index contributed by atoms with van der Waals surface area (Å²) in [4.78, 5) is 28.0. The second-order valence-corrected chi connectivity index (χ2v) is 9.17. The zero-order chi connectivity index (χ0) is 19.0. The maximum Gasteiger partial charge on any atom is 0.235 e. The van der Waals surface area contributed by atoms with Crippen LogP contribution in [0.3, 0.4) is 0 Å². The van der Waals surface area contributed by atoms with Crippen LogP contribution in [0.2, 0.25) is 0 Å². The van der Waals surface area contributed by atoms with Gasteiger partial charge in [0.15, 0.2) is 0 Å². The van der Waals surface area contributed by atoms with Gasteiger partial charge in [0.1, 0.15) is 5.75 Å². The van der Waals surface area contributed by atoms with Crippen molar-refractivity contribution in [3.8, 4) is 0 Å². The number of piperazine rings is 1. The largest absolute Gasteiger partial charge is 0.339 e. The fourth-order valence-corrected chi connectivity index (χ4v) is 5.53. The molecular weight excluding hydrogens is 380 g/mol. The number of thiophene rings is 1. The molecule has 2 amide bonds. The number of benzene rings is 2. The van der Waals surface area contributed by atoms with Crippen molar-refractivity contribution in [2.24, 2.45) is 0 Å². The average molecular weight is 401 g/mol. The Balaban J connectivity index is 1.49. The first-order valence-electron chi connectivity index (χ1n) is 8.86. The van der Waals surface area contributed by atoms with Crippen molar-refractivity contribution in [2.75, 3.05) is 31.9 Å². The van der Waals surface area contributed by atoms with Crippen molar-refractivity contribution in [2.45, 2.75) is 11.8 Å². The van der Waals surface area contributed by atoms with Crippen molar-refractivity contribution >= 4 is 54.1 Å². The number of rotatable bonds is 3. The van der Waals surface area contributed by atoms with Gasteiger partial charge in [0.05, 0.1) is 10.8 Å². The van der Waals surface area contributed by atoms with E-state index in [2.05, 4.69) is 12.1 Å². The monoisotopic (exact) mass is 400 g/mol. The number of carbonyl (C=O) groups is 2. The quantitative estimate of drug-likeness (QED) is 0.679. The third kappa shape index (κ3) is 3.61. The predicted octanol–water partition coefficient (Wildman–Crippen LogP) is 2.85. The molecule has 27 heavy (non-hydrogen) atoms. The summed E-state index contributed by atoms with van der Waals surface area (Å²) >= 11 is 1.71. The van der Waals surface area contributed by atoms with E-state index in [1.54, 1.807) is 21.1 Å². The van der Waals surface area contributed by atoms with Gasteiger partial charge in [0, 0.05) is 58.2 Å². The standard InChI is InChI=1S/C20H20N2O3S2/c1-14(23)21-8-10-22(11-9-21)20(24)13-27(25)15-6-7-19-17(12-15)16-4-2-3-5-18(16)26-19/h2-7,12H,8-11,13H2,1H3. The molecule has 7 heteroatoms. The molecule has 1 fully saturated rings. The Labute approximate surface area is 164 Å². The molecule has 140 valence electrons. The van der Waals surface area contributed by atoms with Crippen LogP contribution < -0.4 is 0 Å². The maximum absolute atomic E-state index is 12.8. The molecule has 1 atom stereocenters. The summed E-state index contributed by atoms with van der Waals surface area (Å²) in [7, 11) is -1.38. The van der Waals surface area contributed by atoms with Crippen LogP contribution in [0, 0.1) is 0 Å². The highest BCUT2D eigenvalue weighted by Crippen LogP contribution is 2.34. The zero-order valence-electron chi connectivity index (χ0n) is 15.0. The van der Waals surface area contributed by atoms with E-state index in [4.69, 9.17) is 0 Å². The van der Waals surface area contributed by atoms with Gasteiger partial charge in [0.2, 0.25) is 11.8 Å². The molecule has 4 rings (SSSR count). The normalized spacial score (nSPS) is 16.0. The molecule has 2 aromatic carbocycles. The molecule has 5 nitrogen and oxygen atoms in total. The molecule has 1 unspecified atom stereocenters. The smallest absolute Gasteiger partial charge is 0.235 e. The van der Waals surface area contributed by atoms with E-state index in [0.29, 0.717) is 31.1 Å². The molecule has 0 N–H and O–H groups in total. The maximum atomic E-state index is 12.8. The van der Waals surface area contributed by atoms with Gasteiger partial charge in [-0.3, -0.25) is 13.8 Å². The summed E-state index contributed by atoms with van der Waals surface area (Å²) in [5, 5.41) is 2.24. The van der Waals surface area contributed by atoms with Gasteiger partial charge < -0.3 is 9.80 Å². The predicted molar refractivity (Wildman–Crippen MR) is 109 cm³/mol. The van der Waals surface area contributed by atoms with E-state index in [1.807, 2.05) is 30.3 Å². The molecule has 0 aliphatic carbocycles. The van der Waals surface area contributed by atoms with Gasteiger partial charge in [-0.2, -0.15) is 0 Å². The Kier molecular flexibility index (Phi) is 4.97. The molecule has 0 bridgehead atoms. The highest BCUT2D eigenvalue weighted by Gasteiger charge is 2.24. The fourth-order valence-electron chi connectivity index (χ4n) is 3.40. The van der Waals surface area contributed by atoms with E-state index in [-0.39, 0.29) is 17.6 Å². The Morgan fingerprint density at radius 2 is 1.63 bits per heavy atom. The number of amides is 2. The van der Waals surface area contributed by atoms with Crippen molar-refractivity contribution in [1.29, 1.82) is 0 Å². The van der Waals surface area contributed by atoms with Crippen LogP contribution in [-0.4, -0.2) is 57.8 Å². The number of fused-ring (bicyclic) bond motifs is 3. The highest BCUT2D eigenvalue weighted by atomic mass is 32.2. The molecule has 1 aromatic heterocycles. The lowest BCUT2D eigenvalue weighted by atomic mass is 10.1. The minimum Gasteiger partial charge on any atom is -0.339 e. The fraction of sp³-hybridized carbons (Fsp3) is 0.300. The van der Waals surface area contributed by atoms with Crippen LogP contribution in [0.4, 0.5) is 0 Å². The van der Waals surface area contributed by atoms with Crippen LogP contribution in [0.25, 0.3) is 20.2 Å². The number of carbonyl (C=O) groups excluding carboxylic acids is 2. The van der Waals surface area contributed by atoms with Crippen molar-refractivity contribution in [3.63, 3.8) is 0 Å². The Hall–Kier alpha value is -2.25. The van der Waals surface area contributed by atoms with Gasteiger partial charge in [-0.15, -0.1) is 11.3 Å². The first-order valence-corrected chi connectivity index (χ1v) is 11.0. The van der Waals surface area contributed by atoms with Gasteiger partial charge in [-0.05, 0) is 24.3 Å². The Morgan fingerprint density at radius 1 is 0.963 bits per heavy atom. The van der Waals surface area contributed by atoms with Crippen molar-refractivity contribution in [1.82, 2.24) is 9.80 Å². The second-order valence-electron chi connectivity index (χ2n) is 6.63. The van der Waals surface area contributed by atoms with E-state index in [9.17, 15) is 13.8 Å². The summed E-state index contributed by atoms with van der Waals surface area (Å²) < 4.78 is 15.1. The summed E-state index contributed by atoms with van der Waals surface area (Å²) in [6.45, 7) is 3.63. The number of hydrogen-bond acceptors (Lipinski definition) is 4. The minimum absolute atomic E-state index is 0.0202.